The molecule has 0 atom stereocenters. The summed E-state index contributed by atoms with van der Waals surface area (Å²) in [7, 11) is 0. The molecule has 2 rings (SSSR count). The zero-order valence-electron chi connectivity index (χ0n) is 11.2. The number of benzene rings is 1. The van der Waals surface area contributed by atoms with Crippen LogP contribution in [0.3, 0.4) is 0 Å². The van der Waals surface area contributed by atoms with E-state index in [1.807, 2.05) is 30.5 Å². The van der Waals surface area contributed by atoms with Crippen molar-refractivity contribution in [3.63, 3.8) is 0 Å². The molecule has 4 heteroatoms. The Bertz CT molecular complexity index is 488. The first kappa shape index (κ1) is 14.0. The Morgan fingerprint density at radius 3 is 2.79 bits per heavy atom. The van der Waals surface area contributed by atoms with Gasteiger partial charge in [0.05, 0.1) is 11.4 Å². The van der Waals surface area contributed by atoms with Gasteiger partial charge >= 0.3 is 0 Å². The minimum Gasteiger partial charge on any atom is -0.311 e. The lowest BCUT2D eigenvalue weighted by atomic mass is 10.4. The van der Waals surface area contributed by atoms with E-state index in [2.05, 4.69) is 34.3 Å². The van der Waals surface area contributed by atoms with E-state index in [1.165, 1.54) is 4.90 Å². The van der Waals surface area contributed by atoms with Gasteiger partial charge in [-0.25, -0.2) is 9.97 Å². The molecule has 0 saturated heterocycles. The van der Waals surface area contributed by atoms with Gasteiger partial charge in [-0.2, -0.15) is 0 Å². The van der Waals surface area contributed by atoms with Crippen molar-refractivity contribution in [2.45, 2.75) is 30.5 Å². The van der Waals surface area contributed by atoms with Crippen LogP contribution in [-0.2, 0) is 12.3 Å². The zero-order valence-corrected chi connectivity index (χ0v) is 12.0. The van der Waals surface area contributed by atoms with Gasteiger partial charge in [0.1, 0.15) is 5.82 Å². The molecule has 1 aromatic heterocycles. The molecule has 100 valence electrons. The highest BCUT2D eigenvalue weighted by molar-refractivity contribution is 7.98. The normalized spacial score (nSPS) is 10.6. The van der Waals surface area contributed by atoms with Gasteiger partial charge in [-0.15, -0.1) is 11.8 Å². The molecule has 1 heterocycles. The summed E-state index contributed by atoms with van der Waals surface area (Å²) in [6.07, 6.45) is 2.98. The second-order valence-corrected chi connectivity index (χ2v) is 5.29. The van der Waals surface area contributed by atoms with Crippen molar-refractivity contribution < 1.29 is 0 Å². The topological polar surface area (TPSA) is 37.8 Å². The molecule has 1 N–H and O–H groups in total. The van der Waals surface area contributed by atoms with Gasteiger partial charge in [0, 0.05) is 17.6 Å². The second-order valence-electron chi connectivity index (χ2n) is 4.24. The van der Waals surface area contributed by atoms with Gasteiger partial charge in [-0.1, -0.05) is 25.1 Å². The smallest absolute Gasteiger partial charge is 0.138 e. The molecule has 3 nitrogen and oxygen atoms in total. The first-order valence-electron chi connectivity index (χ1n) is 6.58. The van der Waals surface area contributed by atoms with Crippen molar-refractivity contribution in [3.8, 4) is 0 Å². The Hall–Kier alpha value is -1.39. The Kier molecular flexibility index (Phi) is 5.85. The SMILES string of the molecule is CCCNCc1ccnc(CSc2ccccc2)n1. The van der Waals surface area contributed by atoms with E-state index in [0.717, 1.165) is 36.8 Å². The van der Waals surface area contributed by atoms with Crippen molar-refractivity contribution in [1.29, 1.82) is 0 Å². The predicted octanol–water partition coefficient (Wildman–Crippen LogP) is 3.27. The molecule has 0 spiro atoms. The van der Waals surface area contributed by atoms with E-state index >= 15 is 0 Å². The van der Waals surface area contributed by atoms with Crippen LogP contribution in [0.15, 0.2) is 47.5 Å². The monoisotopic (exact) mass is 273 g/mol. The molecular formula is C15H19N3S. The van der Waals surface area contributed by atoms with Crippen LogP contribution < -0.4 is 5.32 Å². The fourth-order valence-corrected chi connectivity index (χ4v) is 2.45. The van der Waals surface area contributed by atoms with Crippen LogP contribution in [0.2, 0.25) is 0 Å². The van der Waals surface area contributed by atoms with Gasteiger partial charge < -0.3 is 5.32 Å². The minimum absolute atomic E-state index is 0.811. The summed E-state index contributed by atoms with van der Waals surface area (Å²) in [5.74, 6) is 1.70. The molecule has 1 aromatic carbocycles. The summed E-state index contributed by atoms with van der Waals surface area (Å²) in [4.78, 5) is 10.1. The highest BCUT2D eigenvalue weighted by atomic mass is 32.2. The maximum absolute atomic E-state index is 4.57. The lowest BCUT2D eigenvalue weighted by molar-refractivity contribution is 0.660. The van der Waals surface area contributed by atoms with Crippen LogP contribution in [0, 0.1) is 0 Å². The molecule has 0 aliphatic heterocycles. The van der Waals surface area contributed by atoms with Crippen molar-refractivity contribution in [2.75, 3.05) is 6.54 Å². The largest absolute Gasteiger partial charge is 0.311 e. The third kappa shape index (κ3) is 5.01. The quantitative estimate of drug-likeness (QED) is 0.620. The molecule has 0 bridgehead atoms. The minimum atomic E-state index is 0.811. The van der Waals surface area contributed by atoms with E-state index in [1.54, 1.807) is 11.8 Å². The van der Waals surface area contributed by atoms with Crippen molar-refractivity contribution >= 4 is 11.8 Å². The average molecular weight is 273 g/mol. The van der Waals surface area contributed by atoms with Crippen molar-refractivity contribution in [1.82, 2.24) is 15.3 Å². The number of nitrogens with one attached hydrogen (secondary N) is 1. The van der Waals surface area contributed by atoms with Crippen LogP contribution in [0.25, 0.3) is 0 Å². The number of nitrogens with zero attached hydrogens (tertiary/aromatic N) is 2. The number of aromatic nitrogens is 2. The maximum atomic E-state index is 4.57. The summed E-state index contributed by atoms with van der Waals surface area (Å²) >= 11 is 1.77. The standard InChI is InChI=1S/C15H19N3S/c1-2-9-16-11-13-8-10-17-15(18-13)12-19-14-6-4-3-5-7-14/h3-8,10,16H,2,9,11-12H2,1H3. The zero-order chi connectivity index (χ0) is 13.3. The molecular weight excluding hydrogens is 254 g/mol. The van der Waals surface area contributed by atoms with Gasteiger partial charge in [0.15, 0.2) is 0 Å². The van der Waals surface area contributed by atoms with Crippen molar-refractivity contribution in [2.24, 2.45) is 0 Å². The van der Waals surface area contributed by atoms with E-state index in [4.69, 9.17) is 0 Å². The molecule has 0 amide bonds. The van der Waals surface area contributed by atoms with E-state index < -0.39 is 0 Å². The van der Waals surface area contributed by atoms with Crippen LogP contribution in [0.1, 0.15) is 24.9 Å². The Morgan fingerprint density at radius 1 is 1.16 bits per heavy atom. The van der Waals surface area contributed by atoms with E-state index in [-0.39, 0.29) is 0 Å². The number of rotatable bonds is 7. The predicted molar refractivity (Wildman–Crippen MR) is 80.0 cm³/mol. The molecule has 0 unspecified atom stereocenters. The molecule has 19 heavy (non-hydrogen) atoms. The van der Waals surface area contributed by atoms with Gasteiger partial charge in [-0.05, 0) is 31.2 Å². The second kappa shape index (κ2) is 7.92. The first-order valence-corrected chi connectivity index (χ1v) is 7.56. The summed E-state index contributed by atoms with van der Waals surface area (Å²) in [5.41, 5.74) is 1.06. The molecule has 0 saturated carbocycles. The fourth-order valence-electron chi connectivity index (χ4n) is 1.67. The van der Waals surface area contributed by atoms with E-state index in [0.29, 0.717) is 0 Å². The number of thioether (sulfide) groups is 1. The molecule has 0 aliphatic rings. The third-order valence-corrected chi connectivity index (χ3v) is 3.62. The summed E-state index contributed by atoms with van der Waals surface area (Å²) in [6.45, 7) is 4.01. The highest BCUT2D eigenvalue weighted by Crippen LogP contribution is 2.20. The van der Waals surface area contributed by atoms with Crippen LogP contribution in [0.4, 0.5) is 0 Å². The lowest BCUT2D eigenvalue weighted by Crippen LogP contribution is -2.15. The molecule has 0 aliphatic carbocycles. The Morgan fingerprint density at radius 2 is 2.00 bits per heavy atom. The highest BCUT2D eigenvalue weighted by Gasteiger charge is 2.00. The van der Waals surface area contributed by atoms with Crippen LogP contribution in [-0.4, -0.2) is 16.5 Å². The lowest BCUT2D eigenvalue weighted by Gasteiger charge is -2.05. The number of hydrogen-bond acceptors (Lipinski definition) is 4. The average Bonchev–Trinajstić information content (AvgIpc) is 2.47. The summed E-state index contributed by atoms with van der Waals surface area (Å²) < 4.78 is 0. The van der Waals surface area contributed by atoms with Crippen molar-refractivity contribution in [3.05, 3.63) is 54.1 Å². The summed E-state index contributed by atoms with van der Waals surface area (Å²) in [5, 5.41) is 3.36. The molecule has 2 aromatic rings. The third-order valence-electron chi connectivity index (χ3n) is 2.61. The number of hydrogen-bond donors (Lipinski definition) is 1. The Labute approximate surface area is 118 Å². The van der Waals surface area contributed by atoms with Crippen LogP contribution in [0.5, 0.6) is 0 Å². The molecule has 0 fully saturated rings. The Balaban J connectivity index is 1.88. The van der Waals surface area contributed by atoms with Crippen LogP contribution >= 0.6 is 11.8 Å². The summed E-state index contributed by atoms with van der Waals surface area (Å²) in [6, 6.07) is 12.3. The maximum Gasteiger partial charge on any atom is 0.138 e. The van der Waals surface area contributed by atoms with Gasteiger partial charge in [-0.3, -0.25) is 0 Å². The van der Waals surface area contributed by atoms with E-state index in [9.17, 15) is 0 Å². The fraction of sp³-hybridized carbons (Fsp3) is 0.333. The first-order chi connectivity index (χ1) is 9.38. The van der Waals surface area contributed by atoms with Gasteiger partial charge in [0.2, 0.25) is 0 Å². The van der Waals surface area contributed by atoms with Gasteiger partial charge in [0.25, 0.3) is 0 Å². The molecule has 0 radical (unpaired) electrons.